The lowest BCUT2D eigenvalue weighted by Gasteiger charge is -2.22. The van der Waals surface area contributed by atoms with Crippen molar-refractivity contribution in [2.24, 2.45) is 7.05 Å². The van der Waals surface area contributed by atoms with Gasteiger partial charge in [0.2, 0.25) is 0 Å². The van der Waals surface area contributed by atoms with E-state index in [-0.39, 0.29) is 12.0 Å². The molecule has 2 aromatic heterocycles. The molecule has 2 aliphatic rings. The lowest BCUT2D eigenvalue weighted by atomic mass is 10.0. The van der Waals surface area contributed by atoms with Gasteiger partial charge in [-0.3, -0.25) is 0 Å². The first kappa shape index (κ1) is 19.1. The highest BCUT2D eigenvalue weighted by Crippen LogP contribution is 2.43. The predicted molar refractivity (Wildman–Crippen MR) is 109 cm³/mol. The molecule has 1 aromatic carbocycles. The molecule has 1 unspecified atom stereocenters. The molecule has 3 aromatic rings. The van der Waals surface area contributed by atoms with Crippen LogP contribution < -0.4 is 0 Å². The van der Waals surface area contributed by atoms with Gasteiger partial charge in [0.25, 0.3) is 0 Å². The Balaban J connectivity index is 1.44. The minimum atomic E-state index is -0.179. The lowest BCUT2D eigenvalue weighted by Crippen LogP contribution is -2.22. The molecule has 8 heteroatoms. The fraction of sp³-hybridized carbons (Fsp3) is 0.455. The summed E-state index contributed by atoms with van der Waals surface area (Å²) in [4.78, 5) is 9.51. The van der Waals surface area contributed by atoms with Gasteiger partial charge in [0.05, 0.1) is 18.0 Å². The van der Waals surface area contributed by atoms with E-state index < -0.39 is 0 Å². The molecule has 1 atom stereocenters. The Morgan fingerprint density at radius 1 is 1.17 bits per heavy atom. The van der Waals surface area contributed by atoms with Crippen LogP contribution >= 0.6 is 0 Å². The Morgan fingerprint density at radius 2 is 2.00 bits per heavy atom. The first-order valence-corrected chi connectivity index (χ1v) is 10.5. The number of ether oxygens (including phenoxy) is 2. The fourth-order valence-corrected chi connectivity index (χ4v) is 3.77. The molecule has 8 nitrogen and oxygen atoms in total. The van der Waals surface area contributed by atoms with Crippen molar-refractivity contribution in [3.8, 4) is 28.4 Å². The topological polar surface area (TPSA) is 95.2 Å². The third kappa shape index (κ3) is 3.93. The SMILES string of the molecule is Cn1nnc(-c2ncc(-c3ccc(O)cc3)c(C3CC3)n2)c1COC1CCCCO1. The maximum absolute atomic E-state index is 9.60. The number of phenolic OH excluding ortho intramolecular Hbond substituents is 1. The average Bonchev–Trinajstić information content (AvgIpc) is 3.56. The van der Waals surface area contributed by atoms with Crippen LogP contribution in [-0.4, -0.2) is 43.0 Å². The Hall–Kier alpha value is -2.84. The minimum absolute atomic E-state index is 0.179. The van der Waals surface area contributed by atoms with Crippen molar-refractivity contribution < 1.29 is 14.6 Å². The van der Waals surface area contributed by atoms with Crippen LogP contribution in [0.5, 0.6) is 5.75 Å². The van der Waals surface area contributed by atoms with E-state index in [0.29, 0.717) is 24.0 Å². The summed E-state index contributed by atoms with van der Waals surface area (Å²) in [6.07, 6.45) is 7.03. The van der Waals surface area contributed by atoms with Gasteiger partial charge in [-0.15, -0.1) is 5.10 Å². The molecule has 0 spiro atoms. The average molecular weight is 407 g/mol. The molecule has 2 fully saturated rings. The third-order valence-electron chi connectivity index (χ3n) is 5.66. The number of aryl methyl sites for hydroxylation is 1. The predicted octanol–water partition coefficient (Wildman–Crippen LogP) is 3.57. The number of aromatic hydroxyl groups is 1. The second kappa shape index (κ2) is 8.12. The van der Waals surface area contributed by atoms with E-state index in [9.17, 15) is 5.11 Å². The molecule has 1 saturated heterocycles. The summed E-state index contributed by atoms with van der Waals surface area (Å²) in [5.74, 6) is 1.24. The number of rotatable bonds is 6. The maximum atomic E-state index is 9.60. The van der Waals surface area contributed by atoms with Crippen LogP contribution in [0.3, 0.4) is 0 Å². The van der Waals surface area contributed by atoms with Crippen LogP contribution in [0.25, 0.3) is 22.6 Å². The number of benzene rings is 1. The largest absolute Gasteiger partial charge is 0.508 e. The zero-order valence-corrected chi connectivity index (χ0v) is 17.0. The monoisotopic (exact) mass is 407 g/mol. The van der Waals surface area contributed by atoms with Crippen LogP contribution in [0, 0.1) is 0 Å². The molecular formula is C22H25N5O3. The van der Waals surface area contributed by atoms with E-state index in [1.165, 1.54) is 0 Å². The summed E-state index contributed by atoms with van der Waals surface area (Å²) >= 11 is 0. The van der Waals surface area contributed by atoms with E-state index in [2.05, 4.69) is 15.3 Å². The molecule has 156 valence electrons. The Morgan fingerprint density at radius 3 is 2.73 bits per heavy atom. The standard InChI is InChI=1S/C22H25N5O3/c1-27-18(13-30-19-4-2-3-11-29-19)21(25-26-27)22-23-12-17(20(24-22)15-5-6-15)14-7-9-16(28)10-8-14/h7-10,12,15,19,28H,2-6,11,13H2,1H3. The van der Waals surface area contributed by atoms with Crippen LogP contribution in [0.4, 0.5) is 0 Å². The summed E-state index contributed by atoms with van der Waals surface area (Å²) in [5.41, 5.74) is 4.51. The number of nitrogens with zero attached hydrogens (tertiary/aromatic N) is 5. The van der Waals surface area contributed by atoms with Crippen LogP contribution in [0.1, 0.15) is 49.4 Å². The van der Waals surface area contributed by atoms with Crippen molar-refractivity contribution >= 4 is 0 Å². The number of phenols is 1. The normalized spacial score (nSPS) is 19.2. The number of hydrogen-bond acceptors (Lipinski definition) is 7. The van der Waals surface area contributed by atoms with Gasteiger partial charge in [-0.2, -0.15) is 0 Å². The van der Waals surface area contributed by atoms with Crippen LogP contribution in [-0.2, 0) is 23.1 Å². The lowest BCUT2D eigenvalue weighted by molar-refractivity contribution is -0.169. The summed E-state index contributed by atoms with van der Waals surface area (Å²) in [7, 11) is 1.85. The Kier molecular flexibility index (Phi) is 5.18. The molecule has 1 aliphatic carbocycles. The second-order valence-electron chi connectivity index (χ2n) is 7.93. The third-order valence-corrected chi connectivity index (χ3v) is 5.66. The van der Waals surface area contributed by atoms with Gasteiger partial charge >= 0.3 is 0 Å². The smallest absolute Gasteiger partial charge is 0.182 e. The van der Waals surface area contributed by atoms with E-state index >= 15 is 0 Å². The molecule has 0 bridgehead atoms. The molecular weight excluding hydrogens is 382 g/mol. The molecule has 0 amide bonds. The highest BCUT2D eigenvalue weighted by atomic mass is 16.7. The summed E-state index contributed by atoms with van der Waals surface area (Å²) < 4.78 is 13.3. The molecule has 1 saturated carbocycles. The van der Waals surface area contributed by atoms with E-state index in [1.54, 1.807) is 16.8 Å². The van der Waals surface area contributed by atoms with E-state index in [1.807, 2.05) is 25.4 Å². The molecule has 1 aliphatic heterocycles. The first-order valence-electron chi connectivity index (χ1n) is 10.5. The molecule has 30 heavy (non-hydrogen) atoms. The van der Waals surface area contributed by atoms with E-state index in [4.69, 9.17) is 14.5 Å². The number of aromatic nitrogens is 5. The van der Waals surface area contributed by atoms with Crippen molar-refractivity contribution in [3.63, 3.8) is 0 Å². The Labute approximate surface area is 174 Å². The van der Waals surface area contributed by atoms with Crippen molar-refractivity contribution in [1.29, 1.82) is 0 Å². The highest BCUT2D eigenvalue weighted by molar-refractivity contribution is 5.68. The summed E-state index contributed by atoms with van der Waals surface area (Å²) in [6, 6.07) is 7.16. The Bertz CT molecular complexity index is 1020. The molecule has 0 radical (unpaired) electrons. The van der Waals surface area contributed by atoms with Crippen LogP contribution in [0.2, 0.25) is 0 Å². The van der Waals surface area contributed by atoms with Crippen molar-refractivity contribution in [2.75, 3.05) is 6.61 Å². The van der Waals surface area contributed by atoms with Gasteiger partial charge < -0.3 is 14.6 Å². The van der Waals surface area contributed by atoms with Gasteiger partial charge in [-0.1, -0.05) is 17.3 Å². The first-order chi connectivity index (χ1) is 14.7. The van der Waals surface area contributed by atoms with Crippen LogP contribution in [0.15, 0.2) is 30.5 Å². The van der Waals surface area contributed by atoms with Crippen molar-refractivity contribution in [1.82, 2.24) is 25.0 Å². The highest BCUT2D eigenvalue weighted by Gasteiger charge is 2.30. The van der Waals surface area contributed by atoms with Gasteiger partial charge in [0, 0.05) is 31.3 Å². The summed E-state index contributed by atoms with van der Waals surface area (Å²) in [5, 5.41) is 18.1. The zero-order chi connectivity index (χ0) is 20.5. The summed E-state index contributed by atoms with van der Waals surface area (Å²) in [6.45, 7) is 1.10. The van der Waals surface area contributed by atoms with Gasteiger partial charge in [-0.25, -0.2) is 14.6 Å². The van der Waals surface area contributed by atoms with Crippen molar-refractivity contribution in [3.05, 3.63) is 41.9 Å². The van der Waals surface area contributed by atoms with Gasteiger partial charge in [0.15, 0.2) is 17.8 Å². The maximum Gasteiger partial charge on any atom is 0.182 e. The molecule has 3 heterocycles. The van der Waals surface area contributed by atoms with E-state index in [0.717, 1.165) is 61.2 Å². The quantitative estimate of drug-likeness (QED) is 0.667. The molecule has 1 N–H and O–H groups in total. The zero-order valence-electron chi connectivity index (χ0n) is 17.0. The van der Waals surface area contributed by atoms with Gasteiger partial charge in [-0.05, 0) is 49.8 Å². The van der Waals surface area contributed by atoms with Gasteiger partial charge in [0.1, 0.15) is 5.75 Å². The fourth-order valence-electron chi connectivity index (χ4n) is 3.77. The second-order valence-corrected chi connectivity index (χ2v) is 7.93. The molecule has 5 rings (SSSR count). The van der Waals surface area contributed by atoms with Crippen molar-refractivity contribution in [2.45, 2.75) is 50.9 Å². The minimum Gasteiger partial charge on any atom is -0.508 e. The number of hydrogen-bond donors (Lipinski definition) is 1.